The molecule has 0 spiro atoms. The molecular weight excluding hydrogens is 280 g/mol. The monoisotopic (exact) mass is 310 g/mol. The lowest BCUT2D eigenvalue weighted by atomic mass is 10.0. The van der Waals surface area contributed by atoms with Crippen LogP contribution in [0.3, 0.4) is 0 Å². The summed E-state index contributed by atoms with van der Waals surface area (Å²) >= 11 is 0. The third kappa shape index (κ3) is 6.52. The fourth-order valence-electron chi connectivity index (χ4n) is 2.91. The Morgan fingerprint density at radius 1 is 0.739 bits per heavy atom. The van der Waals surface area contributed by atoms with E-state index in [2.05, 4.69) is 42.0 Å². The van der Waals surface area contributed by atoms with Gasteiger partial charge in [-0.15, -0.1) is 0 Å². The van der Waals surface area contributed by atoms with Gasteiger partial charge in [0.15, 0.2) is 0 Å². The maximum absolute atomic E-state index is 4.47. The molecule has 0 saturated heterocycles. The second-order valence-electron chi connectivity index (χ2n) is 6.49. The van der Waals surface area contributed by atoms with Gasteiger partial charge < -0.3 is 0 Å². The first-order valence-electron chi connectivity index (χ1n) is 9.17. The molecule has 0 radical (unpaired) electrons. The minimum Gasteiger partial charge on any atom is -0.255 e. The molecule has 0 amide bonds. The van der Waals surface area contributed by atoms with Crippen LogP contribution in [-0.4, -0.2) is 9.97 Å². The van der Waals surface area contributed by atoms with E-state index in [1.54, 1.807) is 0 Å². The number of nitrogens with zero attached hydrogens (tertiary/aromatic N) is 2. The molecule has 0 bridgehead atoms. The first-order chi connectivity index (χ1) is 11.3. The first kappa shape index (κ1) is 17.7. The molecule has 2 heteroatoms. The van der Waals surface area contributed by atoms with Crippen molar-refractivity contribution in [2.45, 2.75) is 71.6 Å². The molecule has 2 heterocycles. The lowest BCUT2D eigenvalue weighted by Gasteiger charge is -2.05. The zero-order valence-corrected chi connectivity index (χ0v) is 14.7. The third-order valence-corrected chi connectivity index (χ3v) is 4.32. The molecule has 23 heavy (non-hydrogen) atoms. The zero-order valence-electron chi connectivity index (χ0n) is 14.7. The number of aromatic nitrogens is 2. The summed E-state index contributed by atoms with van der Waals surface area (Å²) in [6.07, 6.45) is 15.9. The van der Waals surface area contributed by atoms with Crippen LogP contribution in [0.5, 0.6) is 0 Å². The number of aryl methyl sites for hydroxylation is 2. The molecule has 124 valence electrons. The zero-order chi connectivity index (χ0) is 16.3. The van der Waals surface area contributed by atoms with E-state index in [4.69, 9.17) is 0 Å². The normalized spacial score (nSPS) is 10.9. The summed E-state index contributed by atoms with van der Waals surface area (Å²) in [4.78, 5) is 8.91. The van der Waals surface area contributed by atoms with Crippen molar-refractivity contribution < 1.29 is 0 Å². The molecule has 0 N–H and O–H groups in total. The van der Waals surface area contributed by atoms with Crippen LogP contribution in [0.15, 0.2) is 36.7 Å². The van der Waals surface area contributed by atoms with Gasteiger partial charge in [0, 0.05) is 12.4 Å². The van der Waals surface area contributed by atoms with Gasteiger partial charge in [0.2, 0.25) is 0 Å². The van der Waals surface area contributed by atoms with Crippen molar-refractivity contribution in [1.29, 1.82) is 0 Å². The Kier molecular flexibility index (Phi) is 7.79. The molecule has 0 saturated carbocycles. The molecule has 0 aliphatic rings. The van der Waals surface area contributed by atoms with Gasteiger partial charge in [0.05, 0.1) is 11.4 Å². The van der Waals surface area contributed by atoms with E-state index >= 15 is 0 Å². The van der Waals surface area contributed by atoms with Crippen molar-refractivity contribution in [3.8, 4) is 11.4 Å². The Labute approximate surface area is 141 Å². The van der Waals surface area contributed by atoms with E-state index < -0.39 is 0 Å². The molecule has 2 aromatic heterocycles. The fraction of sp³-hybridized carbons (Fsp3) is 0.524. The molecule has 0 atom stereocenters. The average molecular weight is 310 g/mol. The largest absolute Gasteiger partial charge is 0.255 e. The molecule has 2 rings (SSSR count). The van der Waals surface area contributed by atoms with Crippen LogP contribution < -0.4 is 0 Å². The van der Waals surface area contributed by atoms with Gasteiger partial charge in [0.25, 0.3) is 0 Å². The predicted molar refractivity (Wildman–Crippen MR) is 98.5 cm³/mol. The Hall–Kier alpha value is -1.70. The van der Waals surface area contributed by atoms with Gasteiger partial charge in [0.1, 0.15) is 0 Å². The SMILES string of the molecule is CCCCCCCCCCc1ccnc(-c2cc(C)ccn2)c1. The summed E-state index contributed by atoms with van der Waals surface area (Å²) in [5.41, 5.74) is 4.57. The van der Waals surface area contributed by atoms with Crippen molar-refractivity contribution >= 4 is 0 Å². The van der Waals surface area contributed by atoms with Crippen LogP contribution >= 0.6 is 0 Å². The van der Waals surface area contributed by atoms with Gasteiger partial charge in [-0.3, -0.25) is 9.97 Å². The summed E-state index contributed by atoms with van der Waals surface area (Å²) in [5, 5.41) is 0. The standard InChI is InChI=1S/C21H30N2/c1-3-4-5-6-7-8-9-10-11-19-13-15-23-21(17-19)20-16-18(2)12-14-22-20/h12-17H,3-11H2,1-2H3. The summed E-state index contributed by atoms with van der Waals surface area (Å²) in [5.74, 6) is 0. The lowest BCUT2D eigenvalue weighted by Crippen LogP contribution is -1.92. The highest BCUT2D eigenvalue weighted by Crippen LogP contribution is 2.18. The van der Waals surface area contributed by atoms with E-state index in [9.17, 15) is 0 Å². The molecule has 0 unspecified atom stereocenters. The number of pyridine rings is 2. The van der Waals surface area contributed by atoms with Crippen molar-refractivity contribution in [3.05, 3.63) is 47.8 Å². The molecule has 0 aromatic carbocycles. The highest BCUT2D eigenvalue weighted by atomic mass is 14.8. The number of rotatable bonds is 10. The summed E-state index contributed by atoms with van der Waals surface area (Å²) in [6, 6.07) is 8.46. The minimum atomic E-state index is 0.975. The molecule has 0 fully saturated rings. The lowest BCUT2D eigenvalue weighted by molar-refractivity contribution is 0.575. The fourth-order valence-corrected chi connectivity index (χ4v) is 2.91. The number of hydrogen-bond donors (Lipinski definition) is 0. The van der Waals surface area contributed by atoms with Crippen LogP contribution in [0.4, 0.5) is 0 Å². The number of unbranched alkanes of at least 4 members (excludes halogenated alkanes) is 7. The number of hydrogen-bond acceptors (Lipinski definition) is 2. The summed E-state index contributed by atoms with van der Waals surface area (Å²) in [6.45, 7) is 4.37. The maximum Gasteiger partial charge on any atom is 0.0888 e. The first-order valence-corrected chi connectivity index (χ1v) is 9.17. The van der Waals surface area contributed by atoms with Gasteiger partial charge in [-0.1, -0.05) is 51.9 Å². The Morgan fingerprint density at radius 2 is 1.35 bits per heavy atom. The quantitative estimate of drug-likeness (QED) is 0.493. The van der Waals surface area contributed by atoms with Crippen molar-refractivity contribution in [3.63, 3.8) is 0 Å². The van der Waals surface area contributed by atoms with Crippen molar-refractivity contribution in [2.24, 2.45) is 0 Å². The van der Waals surface area contributed by atoms with E-state index in [-0.39, 0.29) is 0 Å². The maximum atomic E-state index is 4.47. The Bertz CT molecular complexity index is 578. The van der Waals surface area contributed by atoms with Gasteiger partial charge in [-0.05, 0) is 55.2 Å². The molecule has 0 aliphatic heterocycles. The van der Waals surface area contributed by atoms with Crippen LogP contribution in [0.2, 0.25) is 0 Å². The highest BCUT2D eigenvalue weighted by molar-refractivity contribution is 5.55. The smallest absolute Gasteiger partial charge is 0.0888 e. The Balaban J connectivity index is 1.75. The average Bonchev–Trinajstić information content (AvgIpc) is 2.57. The van der Waals surface area contributed by atoms with Crippen LogP contribution in [0.25, 0.3) is 11.4 Å². The Morgan fingerprint density at radius 3 is 2.04 bits per heavy atom. The van der Waals surface area contributed by atoms with E-state index in [1.165, 1.54) is 62.5 Å². The van der Waals surface area contributed by atoms with Crippen LogP contribution in [0.1, 0.15) is 69.4 Å². The molecule has 2 aromatic rings. The van der Waals surface area contributed by atoms with Gasteiger partial charge in [-0.2, -0.15) is 0 Å². The predicted octanol–water partition coefficient (Wildman–Crippen LogP) is 6.14. The van der Waals surface area contributed by atoms with Gasteiger partial charge in [-0.25, -0.2) is 0 Å². The van der Waals surface area contributed by atoms with Crippen molar-refractivity contribution in [2.75, 3.05) is 0 Å². The summed E-state index contributed by atoms with van der Waals surface area (Å²) < 4.78 is 0. The third-order valence-electron chi connectivity index (χ3n) is 4.32. The minimum absolute atomic E-state index is 0.975. The van der Waals surface area contributed by atoms with Crippen molar-refractivity contribution in [1.82, 2.24) is 9.97 Å². The molecular formula is C21H30N2. The second-order valence-corrected chi connectivity index (χ2v) is 6.49. The molecule has 0 aliphatic carbocycles. The summed E-state index contributed by atoms with van der Waals surface area (Å²) in [7, 11) is 0. The van der Waals surface area contributed by atoms with Crippen LogP contribution in [0, 0.1) is 6.92 Å². The van der Waals surface area contributed by atoms with E-state index in [1.807, 2.05) is 18.5 Å². The van der Waals surface area contributed by atoms with E-state index in [0.29, 0.717) is 0 Å². The van der Waals surface area contributed by atoms with Crippen LogP contribution in [-0.2, 0) is 6.42 Å². The van der Waals surface area contributed by atoms with Gasteiger partial charge >= 0.3 is 0 Å². The molecule has 2 nitrogen and oxygen atoms in total. The van der Waals surface area contributed by atoms with E-state index in [0.717, 1.165) is 17.8 Å². The highest BCUT2D eigenvalue weighted by Gasteiger charge is 2.03. The second kappa shape index (κ2) is 10.1. The topological polar surface area (TPSA) is 25.8 Å².